The maximum Gasteiger partial charge on any atom is 0.0547 e. The molecule has 2 heteroatoms. The van der Waals surface area contributed by atoms with Gasteiger partial charge in [-0.3, -0.25) is 0 Å². The van der Waals surface area contributed by atoms with E-state index in [1.165, 1.54) is 44.9 Å². The summed E-state index contributed by atoms with van der Waals surface area (Å²) in [6, 6.07) is 0. The van der Waals surface area contributed by atoms with Crippen LogP contribution in [0.3, 0.4) is 0 Å². The summed E-state index contributed by atoms with van der Waals surface area (Å²) >= 11 is 0. The van der Waals surface area contributed by atoms with Crippen molar-refractivity contribution in [1.29, 1.82) is 0 Å². The van der Waals surface area contributed by atoms with Crippen LogP contribution in [0.25, 0.3) is 0 Å². The average molecular weight is 417 g/mol. The lowest BCUT2D eigenvalue weighted by molar-refractivity contribution is -0.129. The molecule has 2 nitrogen and oxygen atoms in total. The van der Waals surface area contributed by atoms with E-state index in [9.17, 15) is 10.2 Å². The zero-order valence-electron chi connectivity index (χ0n) is 20.4. The molecule has 4 aliphatic rings. The first-order valence-electron chi connectivity index (χ1n) is 13.2. The third-order valence-corrected chi connectivity index (χ3v) is 10.9. The summed E-state index contributed by atoms with van der Waals surface area (Å²) in [5.74, 6) is 3.93. The van der Waals surface area contributed by atoms with Crippen molar-refractivity contribution in [2.24, 2.45) is 45.8 Å². The van der Waals surface area contributed by atoms with E-state index in [2.05, 4.69) is 40.7 Å². The Morgan fingerprint density at radius 2 is 1.77 bits per heavy atom. The largest absolute Gasteiger partial charge is 0.396 e. The van der Waals surface area contributed by atoms with Gasteiger partial charge < -0.3 is 10.2 Å². The van der Waals surface area contributed by atoms with Gasteiger partial charge in [-0.05, 0) is 91.8 Å². The fourth-order valence-electron chi connectivity index (χ4n) is 8.99. The average Bonchev–Trinajstić information content (AvgIpc) is 3.05. The van der Waals surface area contributed by atoms with Gasteiger partial charge in [0.15, 0.2) is 0 Å². The molecule has 0 aliphatic heterocycles. The number of hydrogen-bond donors (Lipinski definition) is 2. The van der Waals surface area contributed by atoms with Gasteiger partial charge in [0.2, 0.25) is 0 Å². The van der Waals surface area contributed by atoms with E-state index in [0.717, 1.165) is 49.4 Å². The molecule has 0 heterocycles. The monoisotopic (exact) mass is 416 g/mol. The van der Waals surface area contributed by atoms with Crippen LogP contribution in [-0.2, 0) is 0 Å². The summed E-state index contributed by atoms with van der Waals surface area (Å²) in [7, 11) is 0. The highest BCUT2D eigenvalue weighted by Gasteiger charge is 2.62. The Bertz CT molecular complexity index is 653. The van der Waals surface area contributed by atoms with Gasteiger partial charge in [0, 0.05) is 12.0 Å². The maximum atomic E-state index is 10.5. The standard InChI is InChI=1S/C28H48O2/c1-19(2)7-6-8-20(3)23-9-10-24-22-12-16-28(18-29)17-21(30)11-15-27(28,5)25(22)13-14-26(23,24)4/h12,19-21,23-25,29-30H,6-11,13-18H2,1-5H3/t20-,21-,23-,24+,25+,26-,27-,28-/m1/s1. The molecule has 0 unspecified atom stereocenters. The summed E-state index contributed by atoms with van der Waals surface area (Å²) in [4.78, 5) is 0. The van der Waals surface area contributed by atoms with Crippen molar-refractivity contribution in [3.8, 4) is 0 Å². The van der Waals surface area contributed by atoms with E-state index < -0.39 is 0 Å². The molecule has 0 aromatic heterocycles. The van der Waals surface area contributed by atoms with Crippen molar-refractivity contribution in [3.63, 3.8) is 0 Å². The first-order valence-corrected chi connectivity index (χ1v) is 13.2. The highest BCUT2D eigenvalue weighted by molar-refractivity contribution is 5.30. The number of aliphatic hydroxyl groups excluding tert-OH is 2. The van der Waals surface area contributed by atoms with Crippen LogP contribution in [0.5, 0.6) is 0 Å². The number of rotatable bonds is 6. The van der Waals surface area contributed by atoms with E-state index in [1.807, 2.05) is 0 Å². The molecule has 2 N–H and O–H groups in total. The van der Waals surface area contributed by atoms with Crippen LogP contribution in [-0.4, -0.2) is 22.9 Å². The van der Waals surface area contributed by atoms with Crippen LogP contribution < -0.4 is 0 Å². The molecule has 0 aromatic carbocycles. The molecule has 4 aliphatic carbocycles. The third kappa shape index (κ3) is 3.43. The normalized spacial score (nSPS) is 46.7. The fraction of sp³-hybridized carbons (Fsp3) is 0.929. The number of aliphatic hydroxyl groups is 2. The molecular weight excluding hydrogens is 368 g/mol. The topological polar surface area (TPSA) is 40.5 Å². The van der Waals surface area contributed by atoms with Crippen LogP contribution >= 0.6 is 0 Å². The smallest absolute Gasteiger partial charge is 0.0547 e. The van der Waals surface area contributed by atoms with Crippen LogP contribution in [0.4, 0.5) is 0 Å². The first kappa shape index (κ1) is 22.8. The van der Waals surface area contributed by atoms with Crippen molar-refractivity contribution in [3.05, 3.63) is 11.6 Å². The maximum absolute atomic E-state index is 10.5. The Morgan fingerprint density at radius 3 is 2.47 bits per heavy atom. The van der Waals surface area contributed by atoms with E-state index in [4.69, 9.17) is 0 Å². The predicted molar refractivity (Wildman–Crippen MR) is 125 cm³/mol. The molecule has 0 spiro atoms. The third-order valence-electron chi connectivity index (χ3n) is 10.9. The Morgan fingerprint density at radius 1 is 1.00 bits per heavy atom. The molecule has 0 saturated heterocycles. The predicted octanol–water partition coefficient (Wildman–Crippen LogP) is 6.75. The molecule has 30 heavy (non-hydrogen) atoms. The summed E-state index contributed by atoms with van der Waals surface area (Å²) in [6.45, 7) is 12.6. The van der Waals surface area contributed by atoms with Crippen LogP contribution in [0.2, 0.25) is 0 Å². The molecule has 0 amide bonds. The highest BCUT2D eigenvalue weighted by atomic mass is 16.3. The van der Waals surface area contributed by atoms with Gasteiger partial charge >= 0.3 is 0 Å². The lowest BCUT2D eigenvalue weighted by Crippen LogP contribution is -2.57. The molecule has 8 atom stereocenters. The molecule has 172 valence electrons. The lowest BCUT2D eigenvalue weighted by Gasteiger charge is -2.62. The van der Waals surface area contributed by atoms with E-state index in [0.29, 0.717) is 11.3 Å². The van der Waals surface area contributed by atoms with Crippen molar-refractivity contribution in [2.75, 3.05) is 6.61 Å². The lowest BCUT2D eigenvalue weighted by atomic mass is 9.42. The van der Waals surface area contributed by atoms with Crippen molar-refractivity contribution in [2.45, 2.75) is 111 Å². The molecule has 3 fully saturated rings. The van der Waals surface area contributed by atoms with Gasteiger partial charge in [0.1, 0.15) is 0 Å². The van der Waals surface area contributed by atoms with Gasteiger partial charge in [-0.15, -0.1) is 0 Å². The molecule has 4 rings (SSSR count). The molecular formula is C28H48O2. The second-order valence-electron chi connectivity index (χ2n) is 12.8. The molecule has 0 aromatic rings. The zero-order valence-corrected chi connectivity index (χ0v) is 20.4. The Hall–Kier alpha value is -0.340. The van der Waals surface area contributed by atoms with Crippen LogP contribution in [0.15, 0.2) is 11.6 Å². The second-order valence-corrected chi connectivity index (χ2v) is 12.8. The minimum Gasteiger partial charge on any atom is -0.396 e. The van der Waals surface area contributed by atoms with Gasteiger partial charge in [-0.1, -0.05) is 65.5 Å². The summed E-state index contributed by atoms with van der Waals surface area (Å²) < 4.78 is 0. The number of fused-ring (bicyclic) bond motifs is 5. The molecule has 3 saturated carbocycles. The summed E-state index contributed by atoms with van der Waals surface area (Å²) in [5, 5.41) is 20.9. The van der Waals surface area contributed by atoms with Crippen molar-refractivity contribution in [1.82, 2.24) is 0 Å². The number of hydrogen-bond acceptors (Lipinski definition) is 2. The summed E-state index contributed by atoms with van der Waals surface area (Å²) in [6.07, 6.45) is 15.7. The van der Waals surface area contributed by atoms with E-state index in [-0.39, 0.29) is 23.5 Å². The van der Waals surface area contributed by atoms with Gasteiger partial charge in [0.25, 0.3) is 0 Å². The Labute approximate surface area is 185 Å². The van der Waals surface area contributed by atoms with Crippen molar-refractivity contribution < 1.29 is 10.2 Å². The van der Waals surface area contributed by atoms with Crippen LogP contribution in [0.1, 0.15) is 105 Å². The fourth-order valence-corrected chi connectivity index (χ4v) is 8.99. The van der Waals surface area contributed by atoms with Crippen LogP contribution in [0, 0.1) is 45.8 Å². The van der Waals surface area contributed by atoms with Crippen molar-refractivity contribution >= 4 is 0 Å². The second kappa shape index (κ2) is 8.22. The van der Waals surface area contributed by atoms with Gasteiger partial charge in [-0.25, -0.2) is 0 Å². The Kier molecular flexibility index (Phi) is 6.26. The van der Waals surface area contributed by atoms with Gasteiger partial charge in [-0.2, -0.15) is 0 Å². The van der Waals surface area contributed by atoms with E-state index in [1.54, 1.807) is 5.57 Å². The van der Waals surface area contributed by atoms with Gasteiger partial charge in [0.05, 0.1) is 6.10 Å². The van der Waals surface area contributed by atoms with E-state index >= 15 is 0 Å². The minimum atomic E-state index is -0.225. The first-order chi connectivity index (χ1) is 14.2. The summed E-state index contributed by atoms with van der Waals surface area (Å²) in [5.41, 5.74) is 2.30. The minimum absolute atomic E-state index is 0.102. The quantitative estimate of drug-likeness (QED) is 0.470. The SMILES string of the molecule is CC(C)CCC[C@@H](C)[C@H]1CC[C@H]2C3=CC[C@]4(CO)C[C@H](O)CC[C@]4(C)[C@H]3CC[C@]12C. The number of allylic oxidation sites excluding steroid dienone is 2. The molecule has 0 bridgehead atoms. The zero-order chi connectivity index (χ0) is 21.7. The highest BCUT2D eigenvalue weighted by Crippen LogP contribution is 2.69. The molecule has 0 radical (unpaired) electrons. The Balaban J connectivity index is 1.56.